The molecule has 78 valence electrons. The van der Waals surface area contributed by atoms with Crippen LogP contribution in [0.2, 0.25) is 0 Å². The molecule has 0 aliphatic rings. The lowest BCUT2D eigenvalue weighted by Crippen LogP contribution is -2.22. The Balaban J connectivity index is 3.86. The molecule has 2 N–H and O–H groups in total. The molecule has 0 aliphatic heterocycles. The Morgan fingerprint density at radius 2 is 2.08 bits per heavy atom. The van der Waals surface area contributed by atoms with Crippen molar-refractivity contribution < 1.29 is 9.53 Å². The first-order chi connectivity index (χ1) is 6.11. The highest BCUT2D eigenvalue weighted by Gasteiger charge is 2.16. The fourth-order valence-corrected chi connectivity index (χ4v) is 1.43. The summed E-state index contributed by atoms with van der Waals surface area (Å²) in [5, 5.41) is 0. The van der Waals surface area contributed by atoms with Crippen LogP contribution < -0.4 is 5.73 Å². The van der Waals surface area contributed by atoms with E-state index in [1.807, 2.05) is 0 Å². The molecule has 0 fully saturated rings. The van der Waals surface area contributed by atoms with Gasteiger partial charge in [-0.2, -0.15) is 0 Å². The first kappa shape index (κ1) is 12.3. The minimum absolute atomic E-state index is 0.461. The normalized spacial score (nSPS) is 15.0. The topological polar surface area (TPSA) is 52.3 Å². The Morgan fingerprint density at radius 3 is 2.46 bits per heavy atom. The van der Waals surface area contributed by atoms with Crippen LogP contribution in [-0.4, -0.2) is 12.7 Å². The summed E-state index contributed by atoms with van der Waals surface area (Å²) in [6, 6.07) is 0. The van der Waals surface area contributed by atoms with Crippen molar-refractivity contribution in [3.63, 3.8) is 0 Å². The molecule has 0 radical (unpaired) electrons. The number of amides is 1. The predicted molar refractivity (Wildman–Crippen MR) is 53.4 cm³/mol. The molecule has 3 heteroatoms. The van der Waals surface area contributed by atoms with Crippen molar-refractivity contribution in [1.82, 2.24) is 0 Å². The highest BCUT2D eigenvalue weighted by atomic mass is 16.5. The minimum Gasteiger partial charge on any atom is -0.449 e. The van der Waals surface area contributed by atoms with Gasteiger partial charge in [-0.05, 0) is 18.3 Å². The van der Waals surface area contributed by atoms with Crippen LogP contribution in [0.15, 0.2) is 0 Å². The summed E-state index contributed by atoms with van der Waals surface area (Å²) < 4.78 is 4.82. The van der Waals surface area contributed by atoms with Crippen LogP contribution in [0.1, 0.15) is 40.0 Å². The van der Waals surface area contributed by atoms with Crippen molar-refractivity contribution in [3.05, 3.63) is 0 Å². The molecule has 0 saturated heterocycles. The van der Waals surface area contributed by atoms with Gasteiger partial charge < -0.3 is 10.5 Å². The van der Waals surface area contributed by atoms with E-state index in [-0.39, 0.29) is 0 Å². The third kappa shape index (κ3) is 5.50. The molecule has 0 rings (SSSR count). The van der Waals surface area contributed by atoms with Crippen molar-refractivity contribution in [1.29, 1.82) is 0 Å². The average Bonchev–Trinajstić information content (AvgIpc) is 2.10. The zero-order chi connectivity index (χ0) is 10.3. The molecule has 2 unspecified atom stereocenters. The van der Waals surface area contributed by atoms with Gasteiger partial charge in [-0.3, -0.25) is 0 Å². The van der Waals surface area contributed by atoms with E-state index in [0.717, 1.165) is 19.3 Å². The van der Waals surface area contributed by atoms with Crippen molar-refractivity contribution in [2.24, 2.45) is 17.6 Å². The molecule has 0 bridgehead atoms. The Kier molecular flexibility index (Phi) is 6.37. The fraction of sp³-hybridized carbons (Fsp3) is 0.900. The van der Waals surface area contributed by atoms with Crippen molar-refractivity contribution in [3.8, 4) is 0 Å². The molecule has 0 aromatic rings. The van der Waals surface area contributed by atoms with E-state index in [2.05, 4.69) is 20.8 Å². The molecule has 1 amide bonds. The van der Waals surface area contributed by atoms with E-state index in [9.17, 15) is 4.79 Å². The van der Waals surface area contributed by atoms with Crippen LogP contribution >= 0.6 is 0 Å². The maximum absolute atomic E-state index is 10.4. The summed E-state index contributed by atoms with van der Waals surface area (Å²) in [7, 11) is 0. The molecule has 0 heterocycles. The summed E-state index contributed by atoms with van der Waals surface area (Å²) in [5.41, 5.74) is 4.92. The van der Waals surface area contributed by atoms with Crippen LogP contribution in [0.5, 0.6) is 0 Å². The molecular formula is C10H21NO2. The molecule has 0 aliphatic carbocycles. The lowest BCUT2D eigenvalue weighted by atomic mass is 9.89. The number of rotatable bonds is 6. The zero-order valence-corrected chi connectivity index (χ0v) is 8.88. The highest BCUT2D eigenvalue weighted by molar-refractivity contribution is 5.64. The average molecular weight is 187 g/mol. The van der Waals surface area contributed by atoms with Crippen molar-refractivity contribution in [2.45, 2.75) is 40.0 Å². The van der Waals surface area contributed by atoms with Gasteiger partial charge in [-0.15, -0.1) is 0 Å². The number of hydrogen-bond acceptors (Lipinski definition) is 2. The van der Waals surface area contributed by atoms with E-state index in [1.54, 1.807) is 0 Å². The largest absolute Gasteiger partial charge is 0.449 e. The van der Waals surface area contributed by atoms with Crippen LogP contribution in [0.4, 0.5) is 4.79 Å². The third-order valence-corrected chi connectivity index (χ3v) is 2.55. The van der Waals surface area contributed by atoms with Gasteiger partial charge in [0.25, 0.3) is 0 Å². The third-order valence-electron chi connectivity index (χ3n) is 2.55. The van der Waals surface area contributed by atoms with Gasteiger partial charge in [-0.1, -0.05) is 33.6 Å². The fourth-order valence-electron chi connectivity index (χ4n) is 1.43. The smallest absolute Gasteiger partial charge is 0.404 e. The van der Waals surface area contributed by atoms with Gasteiger partial charge in [0.05, 0.1) is 6.61 Å². The van der Waals surface area contributed by atoms with Gasteiger partial charge >= 0.3 is 6.09 Å². The maximum atomic E-state index is 10.4. The van der Waals surface area contributed by atoms with Gasteiger partial charge in [0.1, 0.15) is 0 Å². The van der Waals surface area contributed by atoms with Gasteiger partial charge in [0, 0.05) is 0 Å². The minimum atomic E-state index is -0.663. The molecule has 2 atom stereocenters. The zero-order valence-electron chi connectivity index (χ0n) is 8.88. The Labute approximate surface area is 80.6 Å². The van der Waals surface area contributed by atoms with Crippen LogP contribution in [0, 0.1) is 11.8 Å². The molecule has 0 spiro atoms. The number of carbonyl (C=O) groups excluding carboxylic acids is 1. The first-order valence-electron chi connectivity index (χ1n) is 5.04. The second-order valence-corrected chi connectivity index (χ2v) is 3.56. The molecule has 13 heavy (non-hydrogen) atoms. The predicted octanol–water partition coefficient (Wildman–Crippen LogP) is 2.54. The Morgan fingerprint density at radius 1 is 1.46 bits per heavy atom. The van der Waals surface area contributed by atoms with Gasteiger partial charge in [0.2, 0.25) is 0 Å². The van der Waals surface area contributed by atoms with E-state index < -0.39 is 6.09 Å². The Hall–Kier alpha value is -0.730. The second-order valence-electron chi connectivity index (χ2n) is 3.56. The van der Waals surface area contributed by atoms with Gasteiger partial charge in [0.15, 0.2) is 0 Å². The monoisotopic (exact) mass is 187 g/mol. The van der Waals surface area contributed by atoms with E-state index in [1.165, 1.54) is 0 Å². The lowest BCUT2D eigenvalue weighted by molar-refractivity contribution is 0.115. The van der Waals surface area contributed by atoms with E-state index in [0.29, 0.717) is 18.4 Å². The van der Waals surface area contributed by atoms with Crippen LogP contribution in [0.3, 0.4) is 0 Å². The van der Waals surface area contributed by atoms with E-state index in [4.69, 9.17) is 10.5 Å². The molecule has 0 aromatic heterocycles. The summed E-state index contributed by atoms with van der Waals surface area (Å²) in [6.07, 6.45) is 2.68. The maximum Gasteiger partial charge on any atom is 0.404 e. The summed E-state index contributed by atoms with van der Waals surface area (Å²) >= 11 is 0. The van der Waals surface area contributed by atoms with Crippen LogP contribution in [-0.2, 0) is 4.74 Å². The lowest BCUT2D eigenvalue weighted by Gasteiger charge is -2.21. The SMILES string of the molecule is CCCC(COC(N)=O)C(C)CC. The Bertz CT molecular complexity index is 148. The van der Waals surface area contributed by atoms with Crippen molar-refractivity contribution in [2.75, 3.05) is 6.61 Å². The summed E-state index contributed by atoms with van der Waals surface area (Å²) in [5.74, 6) is 1.06. The second kappa shape index (κ2) is 6.75. The number of ether oxygens (including phenoxy) is 1. The summed E-state index contributed by atoms with van der Waals surface area (Å²) in [6.45, 7) is 6.94. The quantitative estimate of drug-likeness (QED) is 0.694. The number of hydrogen-bond donors (Lipinski definition) is 1. The van der Waals surface area contributed by atoms with Gasteiger partial charge in [-0.25, -0.2) is 4.79 Å². The standard InChI is InChI=1S/C10H21NO2/c1-4-6-9(8(3)5-2)7-13-10(11)12/h8-9H,4-7H2,1-3H3,(H2,11,12). The molecule has 3 nitrogen and oxygen atoms in total. The number of nitrogens with two attached hydrogens (primary N) is 1. The van der Waals surface area contributed by atoms with E-state index >= 15 is 0 Å². The summed E-state index contributed by atoms with van der Waals surface area (Å²) in [4.78, 5) is 10.4. The molecular weight excluding hydrogens is 166 g/mol. The number of primary amides is 1. The van der Waals surface area contributed by atoms with Crippen molar-refractivity contribution >= 4 is 6.09 Å². The highest BCUT2D eigenvalue weighted by Crippen LogP contribution is 2.20. The molecule has 0 saturated carbocycles. The number of carbonyl (C=O) groups is 1. The molecule has 0 aromatic carbocycles. The van der Waals surface area contributed by atoms with Crippen LogP contribution in [0.25, 0.3) is 0 Å². The first-order valence-corrected chi connectivity index (χ1v) is 5.04.